The number of carbonyl (C=O) groups is 2. The minimum Gasteiger partial charge on any atom is -0.347 e. The minimum atomic E-state index is -0.329. The lowest BCUT2D eigenvalue weighted by Crippen LogP contribution is -2.34. The van der Waals surface area contributed by atoms with Crippen LogP contribution in [0.2, 0.25) is 0 Å². The van der Waals surface area contributed by atoms with E-state index < -0.39 is 0 Å². The van der Waals surface area contributed by atoms with Gasteiger partial charge in [-0.15, -0.1) is 0 Å². The highest BCUT2D eigenvalue weighted by atomic mass is 16.2. The molecule has 2 N–H and O–H groups in total. The number of allylic oxidation sites excluding steroid dienone is 1. The lowest BCUT2D eigenvalue weighted by atomic mass is 10.1. The van der Waals surface area contributed by atoms with E-state index in [4.69, 9.17) is 0 Å². The fourth-order valence-electron chi connectivity index (χ4n) is 2.77. The second kappa shape index (κ2) is 16.7. The van der Waals surface area contributed by atoms with E-state index >= 15 is 0 Å². The molecule has 0 heterocycles. The Morgan fingerprint density at radius 2 is 1.54 bits per heavy atom. The molecule has 1 rings (SSSR count). The number of benzene rings is 1. The Kier molecular flexibility index (Phi) is 14.1. The summed E-state index contributed by atoms with van der Waals surface area (Å²) in [5, 5.41) is 6.46. The van der Waals surface area contributed by atoms with Crippen molar-refractivity contribution < 1.29 is 9.59 Å². The van der Waals surface area contributed by atoms with Crippen molar-refractivity contribution in [2.75, 3.05) is 6.54 Å². The second-order valence-corrected chi connectivity index (χ2v) is 6.94. The van der Waals surface area contributed by atoms with Crippen LogP contribution in [0.1, 0.15) is 76.7 Å². The molecule has 154 valence electrons. The Morgan fingerprint density at radius 3 is 2.21 bits per heavy atom. The molecule has 0 aliphatic carbocycles. The smallest absolute Gasteiger partial charge is 0.259 e. The highest BCUT2D eigenvalue weighted by Gasteiger charge is 2.04. The number of hydrogen-bond acceptors (Lipinski definition) is 3. The van der Waals surface area contributed by atoms with Gasteiger partial charge in [-0.1, -0.05) is 94.7 Å². The molecule has 0 bridgehead atoms. The average Bonchev–Trinajstić information content (AvgIpc) is 2.71. The molecule has 0 saturated carbocycles. The van der Waals surface area contributed by atoms with Gasteiger partial charge in [-0.05, 0) is 18.1 Å². The van der Waals surface area contributed by atoms with Crippen LogP contribution in [0, 0.1) is 0 Å². The summed E-state index contributed by atoms with van der Waals surface area (Å²) in [7, 11) is 0. The fourth-order valence-corrected chi connectivity index (χ4v) is 2.77. The normalized spacial score (nSPS) is 11.2. The molecular weight excluding hydrogens is 350 g/mol. The molecule has 0 saturated heterocycles. The van der Waals surface area contributed by atoms with E-state index in [1.165, 1.54) is 51.2 Å². The van der Waals surface area contributed by atoms with Gasteiger partial charge in [0.2, 0.25) is 5.91 Å². The Hall–Kier alpha value is -2.43. The third-order valence-corrected chi connectivity index (χ3v) is 4.39. The summed E-state index contributed by atoms with van der Waals surface area (Å²) in [5.74, 6) is -0.407. The Morgan fingerprint density at radius 1 is 0.893 bits per heavy atom. The van der Waals surface area contributed by atoms with Crippen LogP contribution < -0.4 is 10.7 Å². The molecular formula is C23H35N3O2. The first-order valence-corrected chi connectivity index (χ1v) is 10.5. The molecule has 0 atom stereocenters. The largest absolute Gasteiger partial charge is 0.347 e. The van der Waals surface area contributed by atoms with E-state index in [-0.39, 0.29) is 18.4 Å². The number of carbonyl (C=O) groups excluding carboxylic acids is 2. The molecule has 5 heteroatoms. The summed E-state index contributed by atoms with van der Waals surface area (Å²) < 4.78 is 0. The summed E-state index contributed by atoms with van der Waals surface area (Å²) in [6.07, 6.45) is 16.6. The number of hydrogen-bond donors (Lipinski definition) is 2. The van der Waals surface area contributed by atoms with Crippen LogP contribution in [0.3, 0.4) is 0 Å². The van der Waals surface area contributed by atoms with E-state index in [0.717, 1.165) is 18.4 Å². The first-order chi connectivity index (χ1) is 13.7. The predicted molar refractivity (Wildman–Crippen MR) is 117 cm³/mol. The molecule has 5 nitrogen and oxygen atoms in total. The topological polar surface area (TPSA) is 70.6 Å². The van der Waals surface area contributed by atoms with Crippen LogP contribution in [0.5, 0.6) is 0 Å². The number of rotatable bonds is 15. The summed E-state index contributed by atoms with van der Waals surface area (Å²) in [4.78, 5) is 23.4. The number of nitrogens with zero attached hydrogens (tertiary/aromatic N) is 1. The maximum Gasteiger partial charge on any atom is 0.259 e. The lowest BCUT2D eigenvalue weighted by Gasteiger charge is -2.04. The first kappa shape index (κ1) is 23.6. The Labute approximate surface area is 169 Å². The van der Waals surface area contributed by atoms with Crippen molar-refractivity contribution in [1.29, 1.82) is 0 Å². The van der Waals surface area contributed by atoms with Gasteiger partial charge in [0.05, 0.1) is 6.54 Å². The zero-order chi connectivity index (χ0) is 20.3. The number of hydrazone groups is 1. The van der Waals surface area contributed by atoms with E-state index in [1.54, 1.807) is 6.08 Å². The predicted octanol–water partition coefficient (Wildman–Crippen LogP) is 4.84. The molecule has 0 spiro atoms. The van der Waals surface area contributed by atoms with Crippen molar-refractivity contribution in [1.82, 2.24) is 10.7 Å². The molecule has 0 fully saturated rings. The molecule has 1 aromatic carbocycles. The molecule has 2 amide bonds. The summed E-state index contributed by atoms with van der Waals surface area (Å²) in [6.45, 7) is 2.18. The Bertz CT molecular complexity index is 597. The molecule has 28 heavy (non-hydrogen) atoms. The van der Waals surface area contributed by atoms with E-state index in [2.05, 4.69) is 22.8 Å². The van der Waals surface area contributed by atoms with Gasteiger partial charge in [-0.3, -0.25) is 9.59 Å². The van der Waals surface area contributed by atoms with Gasteiger partial charge in [0.1, 0.15) is 0 Å². The number of nitrogens with one attached hydrogen (secondary N) is 2. The Balaban J connectivity index is 1.98. The number of unbranched alkanes of at least 4 members (excludes halogenated alkanes) is 8. The van der Waals surface area contributed by atoms with Gasteiger partial charge in [0, 0.05) is 12.6 Å². The second-order valence-electron chi connectivity index (χ2n) is 6.94. The van der Waals surface area contributed by atoms with Crippen LogP contribution in [-0.4, -0.2) is 24.6 Å². The standard InChI is InChI=1S/C23H35N3O2/c1-2-3-4-5-6-7-8-9-13-18-22(27)24-20-23(28)26-25-19-14-17-21-15-11-10-12-16-21/h10-12,14-17,19H,2-9,13,18,20H2,1H3,(H,24,27)(H,26,28)/b17-14+,25-19+. The highest BCUT2D eigenvalue weighted by Crippen LogP contribution is 2.10. The SMILES string of the molecule is CCCCCCCCCCCC(=O)NCC(=O)N/N=C/C=C/c1ccccc1. The van der Waals surface area contributed by atoms with Gasteiger partial charge in [-0.25, -0.2) is 5.43 Å². The number of amides is 2. The van der Waals surface area contributed by atoms with Crippen LogP contribution in [-0.2, 0) is 9.59 Å². The third-order valence-electron chi connectivity index (χ3n) is 4.39. The summed E-state index contributed by atoms with van der Waals surface area (Å²) >= 11 is 0. The lowest BCUT2D eigenvalue weighted by molar-refractivity contribution is -0.126. The van der Waals surface area contributed by atoms with Crippen LogP contribution >= 0.6 is 0 Å². The van der Waals surface area contributed by atoms with Crippen LogP contribution in [0.4, 0.5) is 0 Å². The maximum atomic E-state index is 11.7. The minimum absolute atomic E-state index is 0.0456. The molecule has 0 unspecified atom stereocenters. The highest BCUT2D eigenvalue weighted by molar-refractivity contribution is 5.85. The van der Waals surface area contributed by atoms with E-state index in [1.807, 2.05) is 36.4 Å². The molecule has 0 aromatic heterocycles. The van der Waals surface area contributed by atoms with Gasteiger partial charge in [0.25, 0.3) is 5.91 Å². The van der Waals surface area contributed by atoms with Crippen molar-refractivity contribution in [3.05, 3.63) is 42.0 Å². The van der Waals surface area contributed by atoms with Gasteiger partial charge in [0.15, 0.2) is 0 Å². The average molecular weight is 386 g/mol. The third kappa shape index (κ3) is 13.7. The van der Waals surface area contributed by atoms with E-state index in [0.29, 0.717) is 6.42 Å². The van der Waals surface area contributed by atoms with Crippen molar-refractivity contribution >= 4 is 24.1 Å². The molecule has 0 aliphatic heterocycles. The zero-order valence-corrected chi connectivity index (χ0v) is 17.2. The van der Waals surface area contributed by atoms with Gasteiger partial charge >= 0.3 is 0 Å². The quantitative estimate of drug-likeness (QED) is 0.258. The van der Waals surface area contributed by atoms with Crippen molar-refractivity contribution in [2.24, 2.45) is 5.10 Å². The first-order valence-electron chi connectivity index (χ1n) is 10.5. The molecule has 1 aromatic rings. The maximum absolute atomic E-state index is 11.7. The summed E-state index contributed by atoms with van der Waals surface area (Å²) in [5.41, 5.74) is 3.45. The van der Waals surface area contributed by atoms with E-state index in [9.17, 15) is 9.59 Å². The van der Waals surface area contributed by atoms with Crippen molar-refractivity contribution in [3.8, 4) is 0 Å². The van der Waals surface area contributed by atoms with Crippen molar-refractivity contribution in [3.63, 3.8) is 0 Å². The van der Waals surface area contributed by atoms with Crippen LogP contribution in [0.25, 0.3) is 6.08 Å². The van der Waals surface area contributed by atoms with Gasteiger partial charge in [-0.2, -0.15) is 5.10 Å². The molecule has 0 radical (unpaired) electrons. The molecule has 0 aliphatic rings. The monoisotopic (exact) mass is 385 g/mol. The zero-order valence-electron chi connectivity index (χ0n) is 17.2. The summed E-state index contributed by atoms with van der Waals surface area (Å²) in [6, 6.07) is 9.82. The van der Waals surface area contributed by atoms with Crippen LogP contribution in [0.15, 0.2) is 41.5 Å². The fraction of sp³-hybridized carbons (Fsp3) is 0.522. The van der Waals surface area contributed by atoms with Gasteiger partial charge < -0.3 is 5.32 Å². The van der Waals surface area contributed by atoms with Crippen molar-refractivity contribution in [2.45, 2.75) is 71.1 Å².